The second-order valence-electron chi connectivity index (χ2n) is 6.77. The molecule has 1 N–H and O–H groups in total. The first-order chi connectivity index (χ1) is 13.3. The molecule has 0 bridgehead atoms. The van der Waals surface area contributed by atoms with E-state index in [0.717, 1.165) is 60.5 Å². The summed E-state index contributed by atoms with van der Waals surface area (Å²) in [5.41, 5.74) is 1.91. The number of aromatic nitrogens is 1. The molecular formula is C21H20N2O4. The highest BCUT2D eigenvalue weighted by atomic mass is 16.5. The molecule has 2 aromatic heterocycles. The van der Waals surface area contributed by atoms with Gasteiger partial charge in [0.25, 0.3) is 5.56 Å². The molecule has 6 heteroatoms. The largest absolute Gasteiger partial charge is 0.492 e. The minimum atomic E-state index is -0.145. The normalized spacial score (nSPS) is 15.7. The van der Waals surface area contributed by atoms with Gasteiger partial charge in [0.15, 0.2) is 0 Å². The highest BCUT2D eigenvalue weighted by Gasteiger charge is 2.14. The van der Waals surface area contributed by atoms with Gasteiger partial charge in [-0.25, -0.2) is 0 Å². The van der Waals surface area contributed by atoms with Crippen molar-refractivity contribution < 1.29 is 13.9 Å². The van der Waals surface area contributed by atoms with E-state index in [9.17, 15) is 4.79 Å². The highest BCUT2D eigenvalue weighted by molar-refractivity contribution is 6.13. The summed E-state index contributed by atoms with van der Waals surface area (Å²) in [5.74, 6) is 0.738. The Morgan fingerprint density at radius 3 is 2.81 bits per heavy atom. The number of benzene rings is 2. The van der Waals surface area contributed by atoms with Gasteiger partial charge in [-0.3, -0.25) is 9.69 Å². The van der Waals surface area contributed by atoms with Crippen LogP contribution in [0.1, 0.15) is 0 Å². The van der Waals surface area contributed by atoms with Crippen molar-refractivity contribution in [1.82, 2.24) is 9.88 Å². The summed E-state index contributed by atoms with van der Waals surface area (Å²) in [6.07, 6.45) is 0. The Kier molecular flexibility index (Phi) is 4.07. The van der Waals surface area contributed by atoms with Gasteiger partial charge >= 0.3 is 0 Å². The summed E-state index contributed by atoms with van der Waals surface area (Å²) in [7, 11) is 0. The Morgan fingerprint density at radius 1 is 1.07 bits per heavy atom. The number of furan rings is 1. The van der Waals surface area contributed by atoms with Crippen LogP contribution in [0.15, 0.2) is 51.7 Å². The van der Waals surface area contributed by atoms with Crippen LogP contribution in [-0.2, 0) is 4.74 Å². The molecule has 2 aromatic carbocycles. The lowest BCUT2D eigenvalue weighted by atomic mass is 10.1. The zero-order valence-corrected chi connectivity index (χ0v) is 14.9. The van der Waals surface area contributed by atoms with E-state index < -0.39 is 0 Å². The Labute approximate surface area is 155 Å². The molecule has 1 aliphatic rings. The van der Waals surface area contributed by atoms with Crippen molar-refractivity contribution in [3.05, 3.63) is 52.8 Å². The number of hydrogen-bond acceptors (Lipinski definition) is 5. The maximum Gasteiger partial charge on any atom is 0.260 e. The quantitative estimate of drug-likeness (QED) is 0.603. The molecular weight excluding hydrogens is 344 g/mol. The topological polar surface area (TPSA) is 67.7 Å². The zero-order valence-electron chi connectivity index (χ0n) is 14.9. The summed E-state index contributed by atoms with van der Waals surface area (Å²) in [6.45, 7) is 4.91. The van der Waals surface area contributed by atoms with Crippen LogP contribution in [0.25, 0.3) is 32.8 Å². The van der Waals surface area contributed by atoms with Gasteiger partial charge in [0.05, 0.1) is 24.1 Å². The average Bonchev–Trinajstić information content (AvgIpc) is 3.09. The molecule has 6 nitrogen and oxygen atoms in total. The van der Waals surface area contributed by atoms with Crippen LogP contribution in [0.5, 0.6) is 5.75 Å². The first-order valence-electron chi connectivity index (χ1n) is 9.20. The second kappa shape index (κ2) is 6.72. The van der Waals surface area contributed by atoms with E-state index in [4.69, 9.17) is 13.9 Å². The van der Waals surface area contributed by atoms with Crippen LogP contribution in [0.2, 0.25) is 0 Å². The van der Waals surface area contributed by atoms with Crippen LogP contribution < -0.4 is 10.3 Å². The molecule has 5 rings (SSSR count). The van der Waals surface area contributed by atoms with Crippen LogP contribution in [0.4, 0.5) is 0 Å². The van der Waals surface area contributed by atoms with Crippen LogP contribution in [0.3, 0.4) is 0 Å². The lowest BCUT2D eigenvalue weighted by molar-refractivity contribution is 0.0322. The number of nitrogens with zero attached hydrogens (tertiary/aromatic N) is 1. The number of hydrogen-bond donors (Lipinski definition) is 1. The number of morpholine rings is 1. The third-order valence-corrected chi connectivity index (χ3v) is 5.09. The molecule has 138 valence electrons. The molecule has 4 aromatic rings. The molecule has 0 amide bonds. The van der Waals surface area contributed by atoms with Crippen molar-refractivity contribution in [3.8, 4) is 5.75 Å². The van der Waals surface area contributed by atoms with Gasteiger partial charge in [0, 0.05) is 36.5 Å². The summed E-state index contributed by atoms with van der Waals surface area (Å²) in [5, 5.41) is 2.31. The molecule has 0 spiro atoms. The number of para-hydroxylation sites is 1. The first kappa shape index (κ1) is 16.4. The second-order valence-corrected chi connectivity index (χ2v) is 6.77. The van der Waals surface area contributed by atoms with Gasteiger partial charge in [-0.15, -0.1) is 0 Å². The van der Waals surface area contributed by atoms with Gasteiger partial charge in [-0.1, -0.05) is 18.2 Å². The van der Waals surface area contributed by atoms with Crippen molar-refractivity contribution in [2.24, 2.45) is 0 Å². The van der Waals surface area contributed by atoms with E-state index in [2.05, 4.69) is 9.88 Å². The zero-order chi connectivity index (χ0) is 18.2. The van der Waals surface area contributed by atoms with Crippen molar-refractivity contribution in [3.63, 3.8) is 0 Å². The number of ether oxygens (including phenoxy) is 2. The standard InChI is InChI=1S/C21H20N2O4/c24-21-19-16-3-1-2-4-18(16)27-20(19)15-6-5-14(13-17(15)22-21)26-12-9-23-7-10-25-11-8-23/h1-6,13H,7-12H2,(H,22,24). The number of rotatable bonds is 4. The van der Waals surface area contributed by atoms with E-state index in [1.54, 1.807) is 0 Å². The van der Waals surface area contributed by atoms with Gasteiger partial charge < -0.3 is 18.9 Å². The molecule has 0 radical (unpaired) electrons. The molecule has 0 aliphatic carbocycles. The van der Waals surface area contributed by atoms with E-state index in [0.29, 0.717) is 17.6 Å². The Hall–Kier alpha value is -2.83. The number of pyridine rings is 1. The SMILES string of the molecule is O=c1[nH]c2cc(OCCN3CCOCC3)ccc2c2oc3ccccc3c12. The van der Waals surface area contributed by atoms with E-state index >= 15 is 0 Å². The summed E-state index contributed by atoms with van der Waals surface area (Å²) in [6, 6.07) is 13.3. The smallest absolute Gasteiger partial charge is 0.260 e. The molecule has 0 atom stereocenters. The lowest BCUT2D eigenvalue weighted by Crippen LogP contribution is -2.38. The molecule has 27 heavy (non-hydrogen) atoms. The molecule has 3 heterocycles. The molecule has 0 unspecified atom stereocenters. The average molecular weight is 364 g/mol. The van der Waals surface area contributed by atoms with Crippen molar-refractivity contribution in [2.75, 3.05) is 39.5 Å². The fraction of sp³-hybridized carbons (Fsp3) is 0.286. The Bertz CT molecular complexity index is 1170. The van der Waals surface area contributed by atoms with Gasteiger partial charge in [-0.2, -0.15) is 0 Å². The third-order valence-electron chi connectivity index (χ3n) is 5.09. The fourth-order valence-electron chi connectivity index (χ4n) is 3.68. The number of nitrogens with one attached hydrogen (secondary N) is 1. The lowest BCUT2D eigenvalue weighted by Gasteiger charge is -2.26. The van der Waals surface area contributed by atoms with Crippen LogP contribution in [-0.4, -0.2) is 49.3 Å². The van der Waals surface area contributed by atoms with E-state index in [-0.39, 0.29) is 5.56 Å². The third kappa shape index (κ3) is 2.97. The number of aromatic amines is 1. The molecule has 1 aliphatic heterocycles. The maximum absolute atomic E-state index is 12.6. The number of H-pyrrole nitrogens is 1. The predicted molar refractivity (Wildman–Crippen MR) is 105 cm³/mol. The Morgan fingerprint density at radius 2 is 1.93 bits per heavy atom. The van der Waals surface area contributed by atoms with E-state index in [1.807, 2.05) is 42.5 Å². The van der Waals surface area contributed by atoms with E-state index in [1.165, 1.54) is 0 Å². The number of fused-ring (bicyclic) bond motifs is 5. The maximum atomic E-state index is 12.6. The monoisotopic (exact) mass is 364 g/mol. The molecule has 1 fully saturated rings. The summed E-state index contributed by atoms with van der Waals surface area (Å²) >= 11 is 0. The van der Waals surface area contributed by atoms with Crippen molar-refractivity contribution in [2.45, 2.75) is 0 Å². The first-order valence-corrected chi connectivity index (χ1v) is 9.20. The molecule has 1 saturated heterocycles. The van der Waals surface area contributed by atoms with Gasteiger partial charge in [0.2, 0.25) is 0 Å². The van der Waals surface area contributed by atoms with Gasteiger partial charge in [-0.05, 0) is 18.2 Å². The fourth-order valence-corrected chi connectivity index (χ4v) is 3.68. The summed E-state index contributed by atoms with van der Waals surface area (Å²) in [4.78, 5) is 17.9. The van der Waals surface area contributed by atoms with Crippen molar-refractivity contribution >= 4 is 32.8 Å². The van der Waals surface area contributed by atoms with Gasteiger partial charge in [0.1, 0.15) is 23.5 Å². The molecule has 0 saturated carbocycles. The highest BCUT2D eigenvalue weighted by Crippen LogP contribution is 2.31. The predicted octanol–water partition coefficient (Wildman–Crippen LogP) is 3.14. The van der Waals surface area contributed by atoms with Crippen LogP contribution in [0, 0.1) is 0 Å². The minimum Gasteiger partial charge on any atom is -0.492 e. The summed E-state index contributed by atoms with van der Waals surface area (Å²) < 4.78 is 17.2. The van der Waals surface area contributed by atoms with Crippen molar-refractivity contribution in [1.29, 1.82) is 0 Å². The Balaban J connectivity index is 1.46. The van der Waals surface area contributed by atoms with Crippen LogP contribution >= 0.6 is 0 Å². The minimum absolute atomic E-state index is 0.145.